The quantitative estimate of drug-likeness (QED) is 0.891. The van der Waals surface area contributed by atoms with Crippen LogP contribution in [0.5, 0.6) is 11.5 Å². The van der Waals surface area contributed by atoms with Crippen LogP contribution in [0.15, 0.2) is 12.1 Å². The van der Waals surface area contributed by atoms with Gasteiger partial charge < -0.3 is 19.5 Å². The monoisotopic (exact) mass is 322 g/mol. The van der Waals surface area contributed by atoms with E-state index in [1.54, 1.807) is 14.2 Å². The Hall–Kier alpha value is -1.79. The van der Waals surface area contributed by atoms with Gasteiger partial charge >= 0.3 is 5.97 Å². The third-order valence-corrected chi connectivity index (χ3v) is 4.31. The number of methoxy groups -OCH3 is 2. The molecule has 0 unspecified atom stereocenters. The van der Waals surface area contributed by atoms with Crippen LogP contribution in [0.1, 0.15) is 23.6 Å². The average molecular weight is 322 g/mol. The lowest BCUT2D eigenvalue weighted by Crippen LogP contribution is -2.37. The minimum Gasteiger partial charge on any atom is -0.496 e. The molecule has 128 valence electrons. The third-order valence-electron chi connectivity index (χ3n) is 4.31. The van der Waals surface area contributed by atoms with Crippen molar-refractivity contribution in [1.82, 2.24) is 9.80 Å². The van der Waals surface area contributed by atoms with Crippen molar-refractivity contribution in [2.75, 3.05) is 47.4 Å². The lowest BCUT2D eigenvalue weighted by atomic mass is 10.00. The first-order chi connectivity index (χ1) is 11.0. The van der Waals surface area contributed by atoms with E-state index in [-0.39, 0.29) is 0 Å². The molecule has 1 aliphatic rings. The first kappa shape index (κ1) is 17.6. The van der Waals surface area contributed by atoms with Crippen molar-refractivity contribution in [2.45, 2.75) is 19.4 Å². The highest BCUT2D eigenvalue weighted by Crippen LogP contribution is 2.38. The molecule has 6 nitrogen and oxygen atoms in total. The van der Waals surface area contributed by atoms with E-state index in [0.29, 0.717) is 23.6 Å². The smallest absolute Gasteiger partial charge is 0.325 e. The largest absolute Gasteiger partial charge is 0.496 e. The van der Waals surface area contributed by atoms with Crippen LogP contribution in [0.3, 0.4) is 0 Å². The molecule has 1 aromatic rings. The Kier molecular flexibility index (Phi) is 5.85. The second kappa shape index (κ2) is 7.66. The van der Waals surface area contributed by atoms with Gasteiger partial charge in [0.15, 0.2) is 0 Å². The summed E-state index contributed by atoms with van der Waals surface area (Å²) in [6.45, 7) is 5.20. The van der Waals surface area contributed by atoms with Crippen LogP contribution in [0, 0.1) is 6.92 Å². The van der Waals surface area contributed by atoms with Crippen molar-refractivity contribution in [1.29, 1.82) is 0 Å². The number of carboxylic acids is 1. The Labute approximate surface area is 137 Å². The fraction of sp³-hybridized carbons (Fsp3) is 0.588. The molecule has 1 aliphatic heterocycles. The van der Waals surface area contributed by atoms with Gasteiger partial charge in [0.05, 0.1) is 19.8 Å². The van der Waals surface area contributed by atoms with Crippen molar-refractivity contribution in [2.24, 2.45) is 0 Å². The molecule has 0 aliphatic carbocycles. The number of likely N-dealkylation sites (N-methyl/N-ethyl adjacent to an activating group) is 1. The van der Waals surface area contributed by atoms with E-state index in [1.165, 1.54) is 0 Å². The normalized spacial score (nSPS) is 18.3. The summed E-state index contributed by atoms with van der Waals surface area (Å²) < 4.78 is 10.9. The van der Waals surface area contributed by atoms with Crippen LogP contribution < -0.4 is 9.47 Å². The fourth-order valence-corrected chi connectivity index (χ4v) is 3.13. The van der Waals surface area contributed by atoms with Gasteiger partial charge in [0.25, 0.3) is 0 Å². The van der Waals surface area contributed by atoms with Gasteiger partial charge in [0.2, 0.25) is 0 Å². The predicted octanol–water partition coefficient (Wildman–Crippen LogP) is 1.78. The number of carbonyl (C=O) groups is 1. The molecule has 2 rings (SSSR count). The third kappa shape index (κ3) is 3.95. The molecule has 0 aromatic heterocycles. The van der Waals surface area contributed by atoms with E-state index >= 15 is 0 Å². The molecular weight excluding hydrogens is 296 g/mol. The zero-order chi connectivity index (χ0) is 17.0. The van der Waals surface area contributed by atoms with Gasteiger partial charge in [-0.1, -0.05) is 0 Å². The summed E-state index contributed by atoms with van der Waals surface area (Å²) >= 11 is 0. The molecule has 1 heterocycles. The number of benzene rings is 1. The highest BCUT2D eigenvalue weighted by molar-refractivity contribution is 5.78. The molecule has 0 bridgehead atoms. The number of aliphatic carboxylic acids is 1. The van der Waals surface area contributed by atoms with Crippen LogP contribution in [0.25, 0.3) is 0 Å². The minimum atomic E-state index is -0.880. The van der Waals surface area contributed by atoms with Gasteiger partial charge in [-0.25, -0.2) is 0 Å². The number of hydrogen-bond acceptors (Lipinski definition) is 5. The predicted molar refractivity (Wildman–Crippen MR) is 88.3 cm³/mol. The van der Waals surface area contributed by atoms with Gasteiger partial charge in [-0.2, -0.15) is 0 Å². The molecule has 1 saturated heterocycles. The molecule has 0 radical (unpaired) electrons. The number of rotatable bonds is 5. The number of hydrogen-bond donors (Lipinski definition) is 1. The molecule has 0 amide bonds. The van der Waals surface area contributed by atoms with Gasteiger partial charge in [-0.05, 0) is 44.6 Å². The maximum atomic E-state index is 12.0. The Bertz CT molecular complexity index is 537. The summed E-state index contributed by atoms with van der Waals surface area (Å²) in [4.78, 5) is 16.3. The summed E-state index contributed by atoms with van der Waals surface area (Å²) in [6, 6.07) is 2.95. The van der Waals surface area contributed by atoms with Crippen molar-refractivity contribution in [3.05, 3.63) is 23.3 Å². The Morgan fingerprint density at radius 2 is 1.74 bits per heavy atom. The van der Waals surface area contributed by atoms with E-state index in [4.69, 9.17) is 9.47 Å². The average Bonchev–Trinajstić information content (AvgIpc) is 2.73. The van der Waals surface area contributed by atoms with Crippen LogP contribution in [-0.2, 0) is 4.79 Å². The number of aryl methyl sites for hydroxylation is 1. The Morgan fingerprint density at radius 1 is 1.13 bits per heavy atom. The Balaban J connectivity index is 2.47. The van der Waals surface area contributed by atoms with Crippen LogP contribution in [0.4, 0.5) is 0 Å². The lowest BCUT2D eigenvalue weighted by Gasteiger charge is -2.30. The topological polar surface area (TPSA) is 62.2 Å². The number of carboxylic acid groups (broad SMARTS) is 1. The summed E-state index contributed by atoms with van der Waals surface area (Å²) in [5, 5.41) is 9.88. The van der Waals surface area contributed by atoms with Crippen molar-refractivity contribution >= 4 is 5.97 Å². The molecule has 1 atom stereocenters. The molecule has 1 N–H and O–H groups in total. The van der Waals surface area contributed by atoms with Gasteiger partial charge in [0, 0.05) is 19.6 Å². The van der Waals surface area contributed by atoms with E-state index in [2.05, 4.69) is 11.9 Å². The SMILES string of the molecule is COc1cc(C)cc(OC)c1[C@H](C(=O)O)N1CCCN(C)CC1. The van der Waals surface area contributed by atoms with E-state index in [1.807, 2.05) is 24.0 Å². The van der Waals surface area contributed by atoms with E-state index in [0.717, 1.165) is 31.6 Å². The fourth-order valence-electron chi connectivity index (χ4n) is 3.13. The summed E-state index contributed by atoms with van der Waals surface area (Å²) in [7, 11) is 5.19. The number of ether oxygens (including phenoxy) is 2. The molecule has 6 heteroatoms. The molecule has 0 saturated carbocycles. The first-order valence-electron chi connectivity index (χ1n) is 7.85. The van der Waals surface area contributed by atoms with Crippen molar-refractivity contribution in [3.63, 3.8) is 0 Å². The number of nitrogens with zero attached hydrogens (tertiary/aromatic N) is 2. The van der Waals surface area contributed by atoms with E-state index in [9.17, 15) is 9.90 Å². The maximum Gasteiger partial charge on any atom is 0.325 e. The highest BCUT2D eigenvalue weighted by Gasteiger charge is 2.33. The highest BCUT2D eigenvalue weighted by atomic mass is 16.5. The maximum absolute atomic E-state index is 12.0. The van der Waals surface area contributed by atoms with Crippen molar-refractivity contribution < 1.29 is 19.4 Å². The standard InChI is InChI=1S/C17H26N2O4/c1-12-10-13(22-3)15(14(11-12)23-4)16(17(20)21)19-7-5-6-18(2)8-9-19/h10-11,16H,5-9H2,1-4H3,(H,20,21)/t16-/m1/s1. The van der Waals surface area contributed by atoms with E-state index < -0.39 is 12.0 Å². The molecule has 23 heavy (non-hydrogen) atoms. The summed E-state index contributed by atoms with van der Waals surface area (Å²) in [5.74, 6) is 0.244. The molecule has 1 fully saturated rings. The molecule has 0 spiro atoms. The van der Waals surface area contributed by atoms with Crippen LogP contribution in [0.2, 0.25) is 0 Å². The minimum absolute atomic E-state index is 0.562. The summed E-state index contributed by atoms with van der Waals surface area (Å²) in [5.41, 5.74) is 1.57. The van der Waals surface area contributed by atoms with Gasteiger partial charge in [0.1, 0.15) is 17.5 Å². The lowest BCUT2D eigenvalue weighted by molar-refractivity contribution is -0.143. The van der Waals surface area contributed by atoms with Crippen molar-refractivity contribution in [3.8, 4) is 11.5 Å². The second-order valence-corrected chi connectivity index (χ2v) is 6.02. The first-order valence-corrected chi connectivity index (χ1v) is 7.85. The second-order valence-electron chi connectivity index (χ2n) is 6.02. The zero-order valence-electron chi connectivity index (χ0n) is 14.3. The molecule has 1 aromatic carbocycles. The van der Waals surface area contributed by atoms with Gasteiger partial charge in [-0.3, -0.25) is 9.69 Å². The van der Waals surface area contributed by atoms with Crippen LogP contribution in [-0.4, -0.2) is 68.3 Å². The Morgan fingerprint density at radius 3 is 2.26 bits per heavy atom. The van der Waals surface area contributed by atoms with Gasteiger partial charge in [-0.15, -0.1) is 0 Å². The molecular formula is C17H26N2O4. The summed E-state index contributed by atoms with van der Waals surface area (Å²) in [6.07, 6.45) is 0.941. The zero-order valence-corrected chi connectivity index (χ0v) is 14.3. The van der Waals surface area contributed by atoms with Crippen LogP contribution >= 0.6 is 0 Å².